The molecule has 0 fully saturated rings. The summed E-state index contributed by atoms with van der Waals surface area (Å²) in [7, 11) is 4.36. The van der Waals surface area contributed by atoms with Crippen LogP contribution in [0.25, 0.3) is 16.0 Å². The van der Waals surface area contributed by atoms with E-state index in [-0.39, 0.29) is 0 Å². The van der Waals surface area contributed by atoms with Gasteiger partial charge in [-0.1, -0.05) is 5.10 Å². The monoisotopic (exact) mass is 362 g/mol. The molecule has 1 atom stereocenters. The molecule has 3 N–H and O–H groups in total. The summed E-state index contributed by atoms with van der Waals surface area (Å²) in [6, 6.07) is 0. The number of nitrogens with zero attached hydrogens (tertiary/aromatic N) is 5. The van der Waals surface area contributed by atoms with E-state index in [0.717, 1.165) is 43.1 Å². The van der Waals surface area contributed by atoms with E-state index in [9.17, 15) is 0 Å². The Morgan fingerprint density at radius 2 is 2.24 bits per heavy atom. The van der Waals surface area contributed by atoms with Gasteiger partial charge in [0.2, 0.25) is 0 Å². The number of tetrazole rings is 1. The topological polar surface area (TPSA) is 76.9 Å². The normalized spacial score (nSPS) is 17.5. The van der Waals surface area contributed by atoms with Gasteiger partial charge in [-0.3, -0.25) is 0 Å². The molecule has 0 saturated carbocycles. The van der Waals surface area contributed by atoms with Crippen LogP contribution >= 0.6 is 11.3 Å². The molecule has 0 aromatic carbocycles. The maximum absolute atomic E-state index is 4.71. The Kier molecular flexibility index (Phi) is 4.53. The van der Waals surface area contributed by atoms with Crippen molar-refractivity contribution < 1.29 is 9.80 Å². The van der Waals surface area contributed by atoms with Crippen LogP contribution in [0.3, 0.4) is 0 Å². The molecule has 0 bridgehead atoms. The second kappa shape index (κ2) is 6.81. The van der Waals surface area contributed by atoms with Crippen LogP contribution in [-0.4, -0.2) is 65.3 Å². The van der Waals surface area contributed by atoms with Gasteiger partial charge in [-0.15, -0.1) is 11.3 Å². The maximum atomic E-state index is 4.71. The van der Waals surface area contributed by atoms with Gasteiger partial charge < -0.3 is 15.1 Å². The zero-order valence-corrected chi connectivity index (χ0v) is 15.9. The summed E-state index contributed by atoms with van der Waals surface area (Å²) in [5.74, 6) is 1.52. The molecule has 4 heterocycles. The van der Waals surface area contributed by atoms with Crippen molar-refractivity contribution in [2.75, 3.05) is 45.6 Å². The fourth-order valence-corrected chi connectivity index (χ4v) is 4.90. The molecule has 9 heteroatoms. The summed E-state index contributed by atoms with van der Waals surface area (Å²) in [5, 5.41) is 16.8. The summed E-state index contributed by atoms with van der Waals surface area (Å²) in [6.07, 6.45) is 2.21. The molecule has 0 spiro atoms. The van der Waals surface area contributed by atoms with Gasteiger partial charge in [0.25, 0.3) is 5.78 Å². The average Bonchev–Trinajstić information content (AvgIpc) is 3.21. The first-order chi connectivity index (χ1) is 12.2. The molecule has 0 radical (unpaired) electrons. The van der Waals surface area contributed by atoms with Crippen LogP contribution in [0.4, 0.5) is 5.82 Å². The standard InChI is InChI=1S/C16H24N8S/c1-4-23-9-6-11-12(10-23)25-15-13(11)14(17-7-5-8-22(2)3)18-16-19-20-21-24(15)16/h4-10H2,1-3H3,(H,17,18,19,21)/p+2. The van der Waals surface area contributed by atoms with E-state index >= 15 is 0 Å². The van der Waals surface area contributed by atoms with Gasteiger partial charge >= 0.3 is 0 Å². The maximum Gasteiger partial charge on any atom is 0.276 e. The lowest BCUT2D eigenvalue weighted by atomic mass is 10.0. The summed E-state index contributed by atoms with van der Waals surface area (Å²) in [6.45, 7) is 7.77. The van der Waals surface area contributed by atoms with Crippen molar-refractivity contribution in [2.45, 2.75) is 26.3 Å². The molecule has 0 amide bonds. The van der Waals surface area contributed by atoms with Gasteiger partial charge in [0.05, 0.1) is 44.0 Å². The molecule has 3 aromatic rings. The first-order valence-corrected chi connectivity index (χ1v) is 9.87. The number of hydrogen-bond acceptors (Lipinski definition) is 6. The van der Waals surface area contributed by atoms with Gasteiger partial charge in [-0.05, 0) is 22.9 Å². The van der Waals surface area contributed by atoms with Crippen LogP contribution in [-0.2, 0) is 13.0 Å². The van der Waals surface area contributed by atoms with E-state index in [4.69, 9.17) is 4.98 Å². The zero-order valence-electron chi connectivity index (χ0n) is 15.1. The van der Waals surface area contributed by atoms with Crippen molar-refractivity contribution in [3.05, 3.63) is 10.4 Å². The smallest absolute Gasteiger partial charge is 0.276 e. The van der Waals surface area contributed by atoms with Gasteiger partial charge in [0.1, 0.15) is 17.2 Å². The molecule has 0 saturated heterocycles. The number of likely N-dealkylation sites (N-methyl/N-ethyl adjacent to an activating group) is 1. The van der Waals surface area contributed by atoms with Crippen LogP contribution in [0, 0.1) is 0 Å². The van der Waals surface area contributed by atoms with E-state index in [1.165, 1.54) is 33.8 Å². The average molecular weight is 363 g/mol. The third kappa shape index (κ3) is 3.07. The van der Waals surface area contributed by atoms with Crippen LogP contribution in [0.15, 0.2) is 0 Å². The Morgan fingerprint density at radius 3 is 3.04 bits per heavy atom. The van der Waals surface area contributed by atoms with Crippen LogP contribution in [0.1, 0.15) is 23.8 Å². The number of aromatic nitrogens is 5. The lowest BCUT2D eigenvalue weighted by Gasteiger charge is -2.22. The van der Waals surface area contributed by atoms with Crippen molar-refractivity contribution in [3.8, 4) is 0 Å². The minimum Gasteiger partial charge on any atom is -0.369 e. The Balaban J connectivity index is 1.74. The molecular weight excluding hydrogens is 336 g/mol. The number of hydrogen-bond donors (Lipinski definition) is 3. The van der Waals surface area contributed by atoms with Gasteiger partial charge in [-0.25, -0.2) is 0 Å². The molecule has 1 unspecified atom stereocenters. The molecular formula is C16H26N8S+2. The second-order valence-corrected chi connectivity index (χ2v) is 8.14. The molecule has 3 aromatic heterocycles. The van der Waals surface area contributed by atoms with Crippen molar-refractivity contribution in [1.82, 2.24) is 25.0 Å². The summed E-state index contributed by atoms with van der Waals surface area (Å²) in [4.78, 5) is 10.4. The predicted octanol–water partition coefficient (Wildman–Crippen LogP) is -1.36. The molecule has 4 rings (SSSR count). The summed E-state index contributed by atoms with van der Waals surface area (Å²) in [5.41, 5.74) is 1.45. The highest BCUT2D eigenvalue weighted by atomic mass is 32.1. The highest BCUT2D eigenvalue weighted by molar-refractivity contribution is 7.19. The lowest BCUT2D eigenvalue weighted by molar-refractivity contribution is -0.913. The summed E-state index contributed by atoms with van der Waals surface area (Å²) < 4.78 is 1.79. The predicted molar refractivity (Wildman–Crippen MR) is 98.5 cm³/mol. The number of nitrogens with one attached hydrogen (secondary N) is 3. The third-order valence-corrected chi connectivity index (χ3v) is 6.16. The zero-order chi connectivity index (χ0) is 17.4. The van der Waals surface area contributed by atoms with Gasteiger partial charge in [0, 0.05) is 19.4 Å². The third-order valence-electron chi connectivity index (χ3n) is 4.95. The van der Waals surface area contributed by atoms with Crippen LogP contribution in [0.2, 0.25) is 0 Å². The minimum absolute atomic E-state index is 0.575. The molecule has 1 aliphatic heterocycles. The number of quaternary nitrogens is 2. The minimum atomic E-state index is 0.575. The van der Waals surface area contributed by atoms with E-state index in [1.54, 1.807) is 9.42 Å². The molecule has 1 aliphatic rings. The molecule has 25 heavy (non-hydrogen) atoms. The van der Waals surface area contributed by atoms with E-state index in [1.807, 2.05) is 11.3 Å². The quantitative estimate of drug-likeness (QED) is 0.472. The highest BCUT2D eigenvalue weighted by Crippen LogP contribution is 2.36. The van der Waals surface area contributed by atoms with Gasteiger partial charge in [0.15, 0.2) is 0 Å². The Hall–Kier alpha value is -1.84. The van der Waals surface area contributed by atoms with E-state index < -0.39 is 0 Å². The van der Waals surface area contributed by atoms with E-state index in [2.05, 4.69) is 41.9 Å². The number of thiophene rings is 1. The van der Waals surface area contributed by atoms with Gasteiger partial charge in [-0.2, -0.15) is 9.50 Å². The fraction of sp³-hybridized carbons (Fsp3) is 0.625. The lowest BCUT2D eigenvalue weighted by Crippen LogP contribution is -3.11. The Morgan fingerprint density at radius 1 is 1.36 bits per heavy atom. The summed E-state index contributed by atoms with van der Waals surface area (Å²) >= 11 is 1.83. The molecule has 134 valence electrons. The van der Waals surface area contributed by atoms with Crippen molar-refractivity contribution in [1.29, 1.82) is 0 Å². The number of fused-ring (bicyclic) bond motifs is 5. The highest BCUT2D eigenvalue weighted by Gasteiger charge is 2.27. The van der Waals surface area contributed by atoms with E-state index in [0.29, 0.717) is 5.78 Å². The number of rotatable bonds is 6. The first-order valence-electron chi connectivity index (χ1n) is 9.06. The van der Waals surface area contributed by atoms with Crippen molar-refractivity contribution in [3.63, 3.8) is 0 Å². The Bertz CT molecular complexity index is 883. The Labute approximate surface area is 150 Å². The molecule has 8 nitrogen and oxygen atoms in total. The SMILES string of the molecule is CC[NH+]1CCc2c(sc3c2c(NCCC[NH+](C)C)nc2nnnn23)C1. The second-order valence-electron chi connectivity index (χ2n) is 7.05. The largest absolute Gasteiger partial charge is 0.369 e. The van der Waals surface area contributed by atoms with Crippen LogP contribution < -0.4 is 15.1 Å². The van der Waals surface area contributed by atoms with Crippen molar-refractivity contribution >= 4 is 33.1 Å². The van der Waals surface area contributed by atoms with Crippen LogP contribution in [0.5, 0.6) is 0 Å². The van der Waals surface area contributed by atoms with Crippen molar-refractivity contribution in [2.24, 2.45) is 0 Å². The fourth-order valence-electron chi connectivity index (χ4n) is 3.53. The number of anilines is 1. The molecule has 0 aliphatic carbocycles. The first kappa shape index (κ1) is 16.6.